The van der Waals surface area contributed by atoms with E-state index in [0.717, 1.165) is 28.2 Å². The van der Waals surface area contributed by atoms with Crippen molar-refractivity contribution in [2.24, 2.45) is 0 Å². The second-order valence-electron chi connectivity index (χ2n) is 7.50. The first-order valence-electron chi connectivity index (χ1n) is 9.98. The van der Waals surface area contributed by atoms with Crippen molar-refractivity contribution in [3.05, 3.63) is 101 Å². The fraction of sp³-hybridized carbons (Fsp3) is 0.208. The van der Waals surface area contributed by atoms with Gasteiger partial charge in [-0.25, -0.2) is 4.68 Å². The first-order valence-corrected chi connectivity index (χ1v) is 9.98. The van der Waals surface area contributed by atoms with Crippen molar-refractivity contribution in [2.75, 3.05) is 0 Å². The maximum Gasteiger partial charge on any atom is 0.255 e. The molecule has 0 atom stereocenters. The lowest BCUT2D eigenvalue weighted by Crippen LogP contribution is -2.24. The minimum absolute atomic E-state index is 0.118. The van der Waals surface area contributed by atoms with Gasteiger partial charge in [0.15, 0.2) is 0 Å². The second-order valence-corrected chi connectivity index (χ2v) is 7.50. The zero-order valence-corrected chi connectivity index (χ0v) is 17.5. The summed E-state index contributed by atoms with van der Waals surface area (Å²) < 4.78 is 3.69. The van der Waals surface area contributed by atoms with Crippen molar-refractivity contribution in [1.29, 1.82) is 0 Å². The highest BCUT2D eigenvalue weighted by Gasteiger charge is 2.18. The Morgan fingerprint density at radius 2 is 1.70 bits per heavy atom. The molecule has 0 saturated heterocycles. The Kier molecular flexibility index (Phi) is 5.48. The summed E-state index contributed by atoms with van der Waals surface area (Å²) in [5.41, 5.74) is 6.54. The Balaban J connectivity index is 1.44. The number of hydrogen-bond donors (Lipinski definition) is 1. The molecule has 0 aliphatic carbocycles. The molecule has 2 heterocycles. The van der Waals surface area contributed by atoms with Crippen LogP contribution in [-0.2, 0) is 13.1 Å². The molecule has 6 heteroatoms. The molecule has 0 spiro atoms. The smallest absolute Gasteiger partial charge is 0.255 e. The number of nitrogens with one attached hydrogen (secondary N) is 1. The Hall–Kier alpha value is -3.67. The Morgan fingerprint density at radius 3 is 2.43 bits per heavy atom. The first kappa shape index (κ1) is 19.6. The van der Waals surface area contributed by atoms with Gasteiger partial charge in [0.25, 0.3) is 5.91 Å². The highest BCUT2D eigenvalue weighted by Crippen LogP contribution is 2.16. The quantitative estimate of drug-likeness (QED) is 0.533. The third-order valence-corrected chi connectivity index (χ3v) is 5.17. The standard InChI is InChI=1S/C24H25N5O/c1-17-9-11-20(12-10-17)15-28-19(3)23(18(2)27-28)24(30)25-13-21-14-26-29(16-21)22-7-5-4-6-8-22/h4-12,14,16H,13,15H2,1-3H3,(H,25,30). The molecule has 0 saturated carbocycles. The van der Waals surface area contributed by atoms with E-state index >= 15 is 0 Å². The number of nitrogens with zero attached hydrogens (tertiary/aromatic N) is 4. The molecule has 0 aliphatic rings. The van der Waals surface area contributed by atoms with Gasteiger partial charge in [0.2, 0.25) is 0 Å². The molecule has 4 rings (SSSR count). The SMILES string of the molecule is Cc1ccc(Cn2nc(C)c(C(=O)NCc3cnn(-c4ccccc4)c3)c2C)cc1. The molecule has 2 aromatic carbocycles. The van der Waals surface area contributed by atoms with E-state index in [1.165, 1.54) is 5.56 Å². The van der Waals surface area contributed by atoms with Crippen molar-refractivity contribution in [3.8, 4) is 5.69 Å². The van der Waals surface area contributed by atoms with Crippen LogP contribution in [0.15, 0.2) is 67.0 Å². The summed E-state index contributed by atoms with van der Waals surface area (Å²) in [4.78, 5) is 12.9. The van der Waals surface area contributed by atoms with Crippen LogP contribution in [0.2, 0.25) is 0 Å². The highest BCUT2D eigenvalue weighted by atomic mass is 16.1. The van der Waals surface area contributed by atoms with Crippen LogP contribution in [0.5, 0.6) is 0 Å². The van der Waals surface area contributed by atoms with Crippen LogP contribution in [0, 0.1) is 20.8 Å². The van der Waals surface area contributed by atoms with E-state index in [0.29, 0.717) is 18.7 Å². The van der Waals surface area contributed by atoms with Crippen molar-refractivity contribution in [2.45, 2.75) is 33.9 Å². The third-order valence-electron chi connectivity index (χ3n) is 5.17. The van der Waals surface area contributed by atoms with Gasteiger partial charge >= 0.3 is 0 Å². The first-order chi connectivity index (χ1) is 14.5. The van der Waals surface area contributed by atoms with Gasteiger partial charge in [-0.1, -0.05) is 48.0 Å². The van der Waals surface area contributed by atoms with Crippen LogP contribution in [0.4, 0.5) is 0 Å². The third kappa shape index (κ3) is 4.17. The number of para-hydroxylation sites is 1. The summed E-state index contributed by atoms with van der Waals surface area (Å²) in [6.07, 6.45) is 3.70. The molecule has 0 fully saturated rings. The van der Waals surface area contributed by atoms with Gasteiger partial charge < -0.3 is 5.32 Å². The van der Waals surface area contributed by atoms with Crippen molar-refractivity contribution in [1.82, 2.24) is 24.9 Å². The largest absolute Gasteiger partial charge is 0.348 e. The normalized spacial score (nSPS) is 10.9. The van der Waals surface area contributed by atoms with Crippen LogP contribution < -0.4 is 5.32 Å². The van der Waals surface area contributed by atoms with Crippen LogP contribution >= 0.6 is 0 Å². The molecule has 1 N–H and O–H groups in total. The molecule has 2 aromatic heterocycles. The summed E-state index contributed by atoms with van der Waals surface area (Å²) in [7, 11) is 0. The second kappa shape index (κ2) is 8.37. The van der Waals surface area contributed by atoms with E-state index in [-0.39, 0.29) is 5.91 Å². The van der Waals surface area contributed by atoms with Gasteiger partial charge in [0, 0.05) is 24.0 Å². The van der Waals surface area contributed by atoms with Gasteiger partial charge in [-0.15, -0.1) is 0 Å². The lowest BCUT2D eigenvalue weighted by Gasteiger charge is -2.07. The van der Waals surface area contributed by atoms with Gasteiger partial charge in [-0.2, -0.15) is 10.2 Å². The fourth-order valence-electron chi connectivity index (χ4n) is 3.49. The highest BCUT2D eigenvalue weighted by molar-refractivity contribution is 5.96. The number of aromatic nitrogens is 4. The molecular weight excluding hydrogens is 374 g/mol. The summed E-state index contributed by atoms with van der Waals surface area (Å²) in [6.45, 7) is 6.94. The molecule has 30 heavy (non-hydrogen) atoms. The number of aryl methyl sites for hydroxylation is 2. The molecule has 0 unspecified atom stereocenters. The average Bonchev–Trinajstić information content (AvgIpc) is 3.33. The van der Waals surface area contributed by atoms with Gasteiger partial charge in [-0.05, 0) is 38.5 Å². The maximum atomic E-state index is 12.9. The van der Waals surface area contributed by atoms with E-state index < -0.39 is 0 Å². The van der Waals surface area contributed by atoms with Crippen LogP contribution in [0.1, 0.15) is 38.4 Å². The molecule has 0 aliphatic heterocycles. The summed E-state index contributed by atoms with van der Waals surface area (Å²) in [6, 6.07) is 18.3. The summed E-state index contributed by atoms with van der Waals surface area (Å²) >= 11 is 0. The van der Waals surface area contributed by atoms with E-state index in [9.17, 15) is 4.79 Å². The number of hydrogen-bond acceptors (Lipinski definition) is 3. The molecule has 0 radical (unpaired) electrons. The van der Waals surface area contributed by atoms with E-state index in [1.54, 1.807) is 10.9 Å². The van der Waals surface area contributed by atoms with E-state index in [1.807, 2.05) is 55.1 Å². The Labute approximate surface area is 176 Å². The molecule has 4 aromatic rings. The lowest BCUT2D eigenvalue weighted by atomic mass is 10.1. The minimum atomic E-state index is -0.118. The average molecular weight is 399 g/mol. The van der Waals surface area contributed by atoms with Crippen molar-refractivity contribution >= 4 is 5.91 Å². The van der Waals surface area contributed by atoms with Gasteiger partial charge in [0.05, 0.1) is 29.7 Å². The number of carbonyl (C=O) groups excluding carboxylic acids is 1. The lowest BCUT2D eigenvalue weighted by molar-refractivity contribution is 0.0949. The number of amides is 1. The van der Waals surface area contributed by atoms with Crippen LogP contribution in [0.25, 0.3) is 5.69 Å². The molecule has 152 valence electrons. The Morgan fingerprint density at radius 1 is 0.967 bits per heavy atom. The minimum Gasteiger partial charge on any atom is -0.348 e. The van der Waals surface area contributed by atoms with Crippen molar-refractivity contribution < 1.29 is 4.79 Å². The van der Waals surface area contributed by atoms with Gasteiger partial charge in [0.1, 0.15) is 0 Å². The van der Waals surface area contributed by atoms with Gasteiger partial charge in [-0.3, -0.25) is 9.48 Å². The van der Waals surface area contributed by atoms with E-state index in [2.05, 4.69) is 46.7 Å². The predicted octanol–water partition coefficient (Wildman–Crippen LogP) is 3.97. The fourth-order valence-corrected chi connectivity index (χ4v) is 3.49. The maximum absolute atomic E-state index is 12.9. The summed E-state index contributed by atoms with van der Waals surface area (Å²) in [5.74, 6) is -0.118. The van der Waals surface area contributed by atoms with Crippen molar-refractivity contribution in [3.63, 3.8) is 0 Å². The monoisotopic (exact) mass is 399 g/mol. The summed E-state index contributed by atoms with van der Waals surface area (Å²) in [5, 5.41) is 12.0. The zero-order chi connectivity index (χ0) is 21.1. The molecule has 6 nitrogen and oxygen atoms in total. The van der Waals surface area contributed by atoms with Crippen LogP contribution in [0.3, 0.4) is 0 Å². The van der Waals surface area contributed by atoms with Crippen LogP contribution in [-0.4, -0.2) is 25.5 Å². The number of rotatable bonds is 6. The predicted molar refractivity (Wildman–Crippen MR) is 117 cm³/mol. The molecular formula is C24H25N5O. The van der Waals surface area contributed by atoms with E-state index in [4.69, 9.17) is 0 Å². The Bertz CT molecular complexity index is 1160. The molecule has 1 amide bonds. The zero-order valence-electron chi connectivity index (χ0n) is 17.5. The number of benzene rings is 2. The topological polar surface area (TPSA) is 64.7 Å². The molecule has 0 bridgehead atoms. The number of carbonyl (C=O) groups is 1.